The summed E-state index contributed by atoms with van der Waals surface area (Å²) in [6.45, 7) is 8.11. The van der Waals surface area contributed by atoms with Crippen molar-refractivity contribution in [2.24, 2.45) is 0 Å². The zero-order valence-electron chi connectivity index (χ0n) is 19.6. The summed E-state index contributed by atoms with van der Waals surface area (Å²) in [6.07, 6.45) is 1.76. The lowest BCUT2D eigenvalue weighted by molar-refractivity contribution is -0.120. The molecule has 0 fully saturated rings. The first kappa shape index (κ1) is 22.5. The van der Waals surface area contributed by atoms with Gasteiger partial charge in [-0.1, -0.05) is 29.8 Å². The summed E-state index contributed by atoms with van der Waals surface area (Å²) in [5.74, 6) is -0.295. The average molecular weight is 476 g/mol. The second-order valence-corrected chi connectivity index (χ2v) is 10.4. The number of hydrogen-bond donors (Lipinski definition) is 1. The molecular weight excluding hydrogens is 450 g/mol. The second kappa shape index (κ2) is 7.60. The van der Waals surface area contributed by atoms with E-state index < -0.39 is 11.4 Å². The third kappa shape index (κ3) is 3.38. The number of benzene rings is 3. The number of ether oxygens (including phenoxy) is 1. The van der Waals surface area contributed by atoms with Crippen LogP contribution in [0.25, 0.3) is 0 Å². The maximum atomic E-state index is 14.2. The van der Waals surface area contributed by atoms with Crippen LogP contribution in [-0.2, 0) is 16.6 Å². The predicted octanol–water partition coefficient (Wildman–Crippen LogP) is 6.43. The normalized spacial score (nSPS) is 20.5. The van der Waals surface area contributed by atoms with E-state index in [0.29, 0.717) is 16.4 Å². The Morgan fingerprint density at radius 1 is 1.09 bits per heavy atom. The highest BCUT2D eigenvalue weighted by Crippen LogP contribution is 2.51. The number of nitrogens with zero attached hydrogens (tertiary/aromatic N) is 1. The van der Waals surface area contributed by atoms with Gasteiger partial charge in [-0.3, -0.25) is 9.69 Å². The number of hydrogen-bond acceptors (Lipinski definition) is 3. The van der Waals surface area contributed by atoms with Gasteiger partial charge in [0, 0.05) is 10.7 Å². The van der Waals surface area contributed by atoms with Gasteiger partial charge in [-0.2, -0.15) is 0 Å². The Balaban J connectivity index is 1.69. The molecule has 0 aromatic heterocycles. The van der Waals surface area contributed by atoms with E-state index in [-0.39, 0.29) is 17.1 Å². The molecule has 3 aromatic carbocycles. The van der Waals surface area contributed by atoms with Crippen molar-refractivity contribution in [1.82, 2.24) is 0 Å². The molecule has 0 radical (unpaired) electrons. The van der Waals surface area contributed by atoms with Crippen molar-refractivity contribution in [1.29, 1.82) is 0 Å². The van der Waals surface area contributed by atoms with Gasteiger partial charge in [0.1, 0.15) is 11.4 Å². The Morgan fingerprint density at radius 2 is 1.85 bits per heavy atom. The number of carbonyl (C=O) groups is 2. The lowest BCUT2D eigenvalue weighted by Gasteiger charge is -2.35. The summed E-state index contributed by atoms with van der Waals surface area (Å²) in [5.41, 5.74) is 3.87. The molecule has 3 aromatic rings. The van der Waals surface area contributed by atoms with Crippen molar-refractivity contribution in [3.8, 4) is 5.75 Å². The van der Waals surface area contributed by atoms with E-state index in [0.717, 1.165) is 40.8 Å². The van der Waals surface area contributed by atoms with E-state index in [9.17, 15) is 14.7 Å². The standard InChI is InChI=1S/C28H26ClNO4/c1-16-12-19(13-17-10-11-27(2,3)34-24(16)17)28(4)22-15-20(29)8-9-23(22)30(26(28)33)21-7-5-6-18(14-21)25(31)32/h5-9,12-15H,10-11H2,1-4H3,(H,31,32). The van der Waals surface area contributed by atoms with Crippen molar-refractivity contribution in [2.45, 2.75) is 51.6 Å². The molecule has 174 valence electrons. The van der Waals surface area contributed by atoms with Crippen LogP contribution in [0.2, 0.25) is 5.02 Å². The number of carboxylic acids is 1. The van der Waals surface area contributed by atoms with E-state index in [1.807, 2.05) is 32.0 Å². The Kier molecular flexibility index (Phi) is 5.03. The first-order chi connectivity index (χ1) is 16.0. The summed E-state index contributed by atoms with van der Waals surface area (Å²) in [7, 11) is 0. The molecular formula is C28H26ClNO4. The SMILES string of the molecule is Cc1cc(C2(C)C(=O)N(c3cccc(C(=O)O)c3)c3ccc(Cl)cc32)cc2c1OC(C)(C)CC2. The lowest BCUT2D eigenvalue weighted by atomic mass is 9.75. The molecule has 5 rings (SSSR count). The fraction of sp³-hybridized carbons (Fsp3) is 0.286. The van der Waals surface area contributed by atoms with Gasteiger partial charge >= 0.3 is 5.97 Å². The first-order valence-corrected chi connectivity index (χ1v) is 11.7. The van der Waals surface area contributed by atoms with Gasteiger partial charge in [0.25, 0.3) is 0 Å². The molecule has 1 atom stereocenters. The molecule has 0 saturated heterocycles. The van der Waals surface area contributed by atoms with E-state index >= 15 is 0 Å². The number of carbonyl (C=O) groups excluding carboxylic acids is 1. The highest BCUT2D eigenvalue weighted by molar-refractivity contribution is 6.31. The van der Waals surface area contributed by atoms with E-state index in [4.69, 9.17) is 16.3 Å². The summed E-state index contributed by atoms with van der Waals surface area (Å²) in [5, 5.41) is 10.0. The van der Waals surface area contributed by atoms with Crippen LogP contribution >= 0.6 is 11.6 Å². The quantitative estimate of drug-likeness (QED) is 0.473. The van der Waals surface area contributed by atoms with Crippen molar-refractivity contribution in [3.05, 3.63) is 87.4 Å². The zero-order chi connectivity index (χ0) is 24.4. The summed E-state index contributed by atoms with van der Waals surface area (Å²) in [4.78, 5) is 27.3. The Labute approximate surface area is 203 Å². The molecule has 1 amide bonds. The summed E-state index contributed by atoms with van der Waals surface area (Å²) < 4.78 is 6.27. The highest BCUT2D eigenvalue weighted by atomic mass is 35.5. The first-order valence-electron chi connectivity index (χ1n) is 11.3. The van der Waals surface area contributed by atoms with Gasteiger partial charge < -0.3 is 9.84 Å². The van der Waals surface area contributed by atoms with Crippen molar-refractivity contribution < 1.29 is 19.4 Å². The molecule has 2 aliphatic heterocycles. The fourth-order valence-corrected chi connectivity index (χ4v) is 5.27. The third-order valence-electron chi connectivity index (χ3n) is 7.02. The minimum Gasteiger partial charge on any atom is -0.487 e. The minimum atomic E-state index is -1.04. The molecule has 1 unspecified atom stereocenters. The van der Waals surface area contributed by atoms with E-state index in [1.54, 1.807) is 23.1 Å². The number of anilines is 2. The van der Waals surface area contributed by atoms with Crippen LogP contribution in [0.3, 0.4) is 0 Å². The molecule has 0 spiro atoms. The molecule has 6 heteroatoms. The molecule has 0 aliphatic carbocycles. The van der Waals surface area contributed by atoms with Crippen molar-refractivity contribution in [2.75, 3.05) is 4.90 Å². The van der Waals surface area contributed by atoms with Gasteiger partial charge in [-0.25, -0.2) is 4.79 Å². The van der Waals surface area contributed by atoms with Gasteiger partial charge in [-0.15, -0.1) is 0 Å². The molecule has 5 nitrogen and oxygen atoms in total. The number of carboxylic acid groups (broad SMARTS) is 1. The van der Waals surface area contributed by atoms with Crippen LogP contribution < -0.4 is 9.64 Å². The molecule has 0 saturated carbocycles. The summed E-state index contributed by atoms with van der Waals surface area (Å²) >= 11 is 6.40. The third-order valence-corrected chi connectivity index (χ3v) is 7.26. The average Bonchev–Trinajstić information content (AvgIpc) is 3.01. The summed E-state index contributed by atoms with van der Waals surface area (Å²) in [6, 6.07) is 16.0. The second-order valence-electron chi connectivity index (χ2n) is 9.93. The van der Waals surface area contributed by atoms with Crippen LogP contribution in [0, 0.1) is 6.92 Å². The lowest BCUT2D eigenvalue weighted by Crippen LogP contribution is -2.38. The zero-order valence-corrected chi connectivity index (χ0v) is 20.4. The maximum Gasteiger partial charge on any atom is 0.335 e. The Hall–Kier alpha value is -3.31. The largest absolute Gasteiger partial charge is 0.487 e. The number of aryl methyl sites for hydroxylation is 2. The van der Waals surface area contributed by atoms with Crippen LogP contribution in [0.15, 0.2) is 54.6 Å². The van der Waals surface area contributed by atoms with Gasteiger partial charge in [0.05, 0.1) is 16.7 Å². The fourth-order valence-electron chi connectivity index (χ4n) is 5.10. The van der Waals surface area contributed by atoms with E-state index in [2.05, 4.69) is 19.9 Å². The van der Waals surface area contributed by atoms with E-state index in [1.165, 1.54) is 12.1 Å². The molecule has 1 N–H and O–H groups in total. The number of amides is 1. The molecule has 34 heavy (non-hydrogen) atoms. The number of aromatic carboxylic acids is 1. The topological polar surface area (TPSA) is 66.8 Å². The molecule has 2 heterocycles. The van der Waals surface area contributed by atoms with Crippen molar-refractivity contribution in [3.63, 3.8) is 0 Å². The smallest absolute Gasteiger partial charge is 0.335 e. The van der Waals surface area contributed by atoms with Crippen molar-refractivity contribution >= 4 is 34.9 Å². The maximum absolute atomic E-state index is 14.2. The van der Waals surface area contributed by atoms with Gasteiger partial charge in [0.2, 0.25) is 5.91 Å². The molecule has 2 aliphatic rings. The van der Waals surface area contributed by atoms with Gasteiger partial charge in [0.15, 0.2) is 0 Å². The predicted molar refractivity (Wildman–Crippen MR) is 133 cm³/mol. The number of rotatable bonds is 3. The number of fused-ring (bicyclic) bond motifs is 2. The Bertz CT molecular complexity index is 1360. The van der Waals surface area contributed by atoms with Crippen LogP contribution in [0.1, 0.15) is 59.8 Å². The van der Waals surface area contributed by atoms with Crippen LogP contribution in [0.4, 0.5) is 11.4 Å². The van der Waals surface area contributed by atoms with Crippen LogP contribution in [-0.4, -0.2) is 22.6 Å². The molecule has 0 bridgehead atoms. The Morgan fingerprint density at radius 3 is 2.59 bits per heavy atom. The minimum absolute atomic E-state index is 0.124. The number of halogens is 1. The monoisotopic (exact) mass is 475 g/mol. The van der Waals surface area contributed by atoms with Gasteiger partial charge in [-0.05, 0) is 99.2 Å². The van der Waals surface area contributed by atoms with Crippen LogP contribution in [0.5, 0.6) is 5.75 Å². The highest BCUT2D eigenvalue weighted by Gasteiger charge is 2.50.